The van der Waals surface area contributed by atoms with Gasteiger partial charge in [0, 0.05) is 40.6 Å². The fourth-order valence-electron chi connectivity index (χ4n) is 14.0. The molecule has 0 N–H and O–H groups in total. The average molecular weight is 1390 g/mol. The Kier molecular flexibility index (Phi) is 5.42. The van der Waals surface area contributed by atoms with Crippen LogP contribution < -0.4 is 0 Å². The van der Waals surface area contributed by atoms with Gasteiger partial charge in [0.15, 0.2) is 0 Å². The van der Waals surface area contributed by atoms with E-state index in [9.17, 15) is 34.3 Å². The van der Waals surface area contributed by atoms with Gasteiger partial charge in [0.05, 0.1) is 76.8 Å². The molecule has 104 heavy (non-hydrogen) atoms. The molecule has 22 rings (SSSR count). The van der Waals surface area contributed by atoms with E-state index >= 15 is 0 Å². The second-order valence-electron chi connectivity index (χ2n) is 24.3. The van der Waals surface area contributed by atoms with E-state index in [4.69, 9.17) is 59.6 Å². The normalized spacial score (nSPS) is 23.8. The van der Waals surface area contributed by atoms with Crippen molar-refractivity contribution in [3.05, 3.63) is 361 Å². The Morgan fingerprint density at radius 3 is 1.10 bits per heavy atom. The summed E-state index contributed by atoms with van der Waals surface area (Å²) in [5, 5.41) is -10.4. The van der Waals surface area contributed by atoms with Crippen molar-refractivity contribution >= 4 is 109 Å². The number of hydrogen-bond donors (Lipinski definition) is 0. The number of rotatable bonds is 6. The number of benzene rings is 18. The summed E-state index contributed by atoms with van der Waals surface area (Å²) in [6.07, 6.45) is 0. The van der Waals surface area contributed by atoms with Crippen LogP contribution in [0, 0.1) is 0 Å². The maximum Gasteiger partial charge on any atom is 0.136 e. The molecule has 2 unspecified atom stereocenters. The predicted molar refractivity (Wildman–Crippen MR) is 440 cm³/mol. The highest BCUT2D eigenvalue weighted by Crippen LogP contribution is 2.56. The van der Waals surface area contributed by atoms with Crippen molar-refractivity contribution in [1.29, 1.82) is 0 Å². The van der Waals surface area contributed by atoms with Crippen molar-refractivity contribution in [1.82, 2.24) is 0 Å². The van der Waals surface area contributed by atoms with Gasteiger partial charge in [-0.05, 0) is 230 Å². The molecule has 0 saturated carbocycles. The van der Waals surface area contributed by atoms with Crippen LogP contribution in [-0.2, 0) is 10.8 Å². The molecule has 0 saturated heterocycles. The Balaban J connectivity index is 0.000000189. The van der Waals surface area contributed by atoms with E-state index in [2.05, 4.69) is 0 Å². The van der Waals surface area contributed by atoms with Crippen LogP contribution in [0.5, 0.6) is 0 Å². The summed E-state index contributed by atoms with van der Waals surface area (Å²) in [6, 6.07) is -53.9. The SMILES string of the molecule is [2H]c1c([2H])c(-c2c([2H])c([2H])c([2H])c3c2C(C)(C([2H])([2H])[2H])c2c([2H])c([2H])c([2H])c([2H])c2-3)c([2H])c(-c2c3c([2H])c([2H])c([2H])c([2H])c3c(-c3c([2H])c([2H])c4oc5c([2H])c([2H])c6c([2H])c([2H])c([2H])c([2H])c6c5c4c3[2H])c3c([2H])c([2H])c([2H])c([2H])c23)c1[2H].[2H]c1c([2H])c([2H])c(-c2c([2H])c([2H])c3c(c2[2H])C(C)(C([2H])([2H])[2H])c2c([2H])c(-c4c5c([2H])c([2H])c([2H])c([2H])c5c(-c5c([2H])c([2H])c6oc7c([2H])c([2H])c8c([2H])c([2H])c([2H])c([2H])c8c7c6c5[2H])c5c([2H])c([2H])c([2H])c([2H])c45)c([2H])c([2H])c2-3)c([2H])c1[2H]. The van der Waals surface area contributed by atoms with E-state index < -0.39 is 583 Å². The molecule has 0 radical (unpaired) electrons. The minimum absolute atomic E-state index is 0.432. The van der Waals surface area contributed by atoms with Gasteiger partial charge >= 0.3 is 0 Å². The van der Waals surface area contributed by atoms with Gasteiger partial charge in [-0.3, -0.25) is 0 Å². The first-order valence-electron chi connectivity index (χ1n) is 62.3. The molecule has 0 aliphatic heterocycles. The molecule has 18 aromatic carbocycles. The molecule has 0 bridgehead atoms. The van der Waals surface area contributed by atoms with Crippen LogP contribution in [0.15, 0.2) is 347 Å². The van der Waals surface area contributed by atoms with Crippen LogP contribution in [0.2, 0.25) is 0 Å². The predicted octanol–water partition coefficient (Wildman–Crippen LogP) is 28.7. The van der Waals surface area contributed by atoms with Crippen LogP contribution >= 0.6 is 0 Å². The Morgan fingerprint density at radius 1 is 0.231 bits per heavy atom. The third-order valence-electron chi connectivity index (χ3n) is 18.5. The number of fused-ring (bicyclic) bond motifs is 20. The highest BCUT2D eigenvalue weighted by atomic mass is 16.3. The van der Waals surface area contributed by atoms with Crippen molar-refractivity contribution < 1.29 is 93.8 Å². The quantitative estimate of drug-likeness (QED) is 0.155. The fraction of sp³-hybridized carbons (Fsp3) is 0.0588. The number of furan rings is 2. The van der Waals surface area contributed by atoms with Gasteiger partial charge in [0.1, 0.15) is 22.3 Å². The molecule has 2 nitrogen and oxygen atoms in total. The third kappa shape index (κ3) is 8.95. The summed E-state index contributed by atoms with van der Waals surface area (Å²) in [5.41, 5.74) is -23.4. The van der Waals surface area contributed by atoms with E-state index in [1.807, 2.05) is 0 Å². The van der Waals surface area contributed by atoms with Crippen molar-refractivity contribution in [3.63, 3.8) is 0 Å². The smallest absolute Gasteiger partial charge is 0.136 e. The summed E-state index contributed by atoms with van der Waals surface area (Å²) < 4.78 is 579. The Morgan fingerprint density at radius 2 is 0.587 bits per heavy atom. The lowest BCUT2D eigenvalue weighted by molar-refractivity contribution is 0.661. The van der Waals surface area contributed by atoms with Gasteiger partial charge in [0.25, 0.3) is 0 Å². The van der Waals surface area contributed by atoms with Crippen LogP contribution in [0.1, 0.15) is 135 Å². The molecule has 2 aromatic heterocycles. The molecule has 0 fully saturated rings. The standard InChI is InChI=1S/2C51H34O/c1-51(2)44-24-10-9-17-37(44)42-23-12-22-36(50(42)51)32-14-11-15-33(29-32)47-38-18-5-7-20-40(38)48(41-21-8-6-19-39(41)47)34-26-27-45-43(30-34)49-35-16-4-3-13-31(35)25-28-46(49)52-45;1-51(2)44-29-33(31-12-4-3-5-13-31)20-24-37(44)38-25-21-35(30-45(38)51)49-41-18-10-8-16-39(41)48(40-17-9-11-19-42(40)49)34-23-26-46-43(28-34)50-36-15-7-6-14-32(36)22-27-47(50)52-46/h2*3-30H,1-2H3/i2*1D3,3D,4D,5D,6D,7D,8D,9D,10D,11D,12D,13D,14D,15D,16D,17D,18D,19D,20D,21D,22D,23D,24D,25D,26D,27D,28D,29D,30D. The van der Waals surface area contributed by atoms with Crippen molar-refractivity contribution in [2.75, 3.05) is 0 Å². The molecule has 0 amide bonds. The van der Waals surface area contributed by atoms with Crippen molar-refractivity contribution in [2.24, 2.45) is 0 Å². The largest absolute Gasteiger partial charge is 0.456 e. The summed E-state index contributed by atoms with van der Waals surface area (Å²) in [6.45, 7) is -4.90. The second-order valence-corrected chi connectivity index (χ2v) is 24.3. The Labute approximate surface area is 690 Å². The van der Waals surface area contributed by atoms with Gasteiger partial charge in [-0.15, -0.1) is 0 Å². The van der Waals surface area contributed by atoms with Crippen LogP contribution in [0.4, 0.5) is 0 Å². The lowest BCUT2D eigenvalue weighted by Crippen LogP contribution is -2.16. The summed E-state index contributed by atoms with van der Waals surface area (Å²) in [4.78, 5) is 0. The lowest BCUT2D eigenvalue weighted by atomic mass is 9.78. The van der Waals surface area contributed by atoms with E-state index in [1.54, 1.807) is 0 Å². The topological polar surface area (TPSA) is 26.3 Å². The zero-order chi connectivity index (χ0) is 123. The minimum Gasteiger partial charge on any atom is -0.456 e. The van der Waals surface area contributed by atoms with E-state index in [1.165, 1.54) is 0 Å². The van der Waals surface area contributed by atoms with Gasteiger partial charge < -0.3 is 8.83 Å². The fourth-order valence-corrected chi connectivity index (χ4v) is 14.0. The average Bonchev–Trinajstić information content (AvgIpc) is 1.42. The van der Waals surface area contributed by atoms with Crippen molar-refractivity contribution in [2.45, 2.75) is 38.4 Å². The zero-order valence-corrected chi connectivity index (χ0v) is 52.8. The van der Waals surface area contributed by atoms with Gasteiger partial charge in [-0.1, -0.05) is 312 Å². The summed E-state index contributed by atoms with van der Waals surface area (Å²) >= 11 is 0. The minimum atomic E-state index is -3.48. The first-order chi connectivity index (χ1) is 77.0. The first kappa shape index (κ1) is 24.7. The molecule has 2 aliphatic carbocycles. The molecular weight excluding hydrogens is 1260 g/mol. The molecule has 2 heteroatoms. The first-order valence-corrected chi connectivity index (χ1v) is 31.3. The molecule has 488 valence electrons. The van der Waals surface area contributed by atoms with E-state index in [0.29, 0.717) is 0 Å². The second kappa shape index (κ2) is 22.8. The van der Waals surface area contributed by atoms with Crippen molar-refractivity contribution in [3.8, 4) is 89.0 Å². The number of hydrogen-bond acceptors (Lipinski definition) is 2. The van der Waals surface area contributed by atoms with E-state index in [-0.39, 0.29) is 0 Å². The maximum atomic E-state index is 10.2. The van der Waals surface area contributed by atoms with Crippen LogP contribution in [0.25, 0.3) is 198 Å². The Hall–Kier alpha value is -12.9. The molecule has 20 aromatic rings. The monoisotopic (exact) mass is 1390 g/mol. The van der Waals surface area contributed by atoms with Crippen LogP contribution in [-0.4, -0.2) is 0 Å². The highest BCUT2D eigenvalue weighted by Gasteiger charge is 2.39. The van der Waals surface area contributed by atoms with Gasteiger partial charge in [-0.25, -0.2) is 0 Å². The Bertz CT molecular complexity index is 10700. The lowest BCUT2D eigenvalue weighted by Gasteiger charge is -2.25. The highest BCUT2D eigenvalue weighted by molar-refractivity contribution is 6.26. The van der Waals surface area contributed by atoms with Gasteiger partial charge in [-0.2, -0.15) is 0 Å². The maximum absolute atomic E-state index is 10.2. The molecule has 2 atom stereocenters. The summed E-state index contributed by atoms with van der Waals surface area (Å²) in [7, 11) is 0. The molecule has 0 spiro atoms. The molecular formula is C102H68O2. The molecule has 2 heterocycles. The zero-order valence-electron chi connectivity index (χ0n) is 115. The van der Waals surface area contributed by atoms with Crippen LogP contribution in [0.3, 0.4) is 0 Å². The van der Waals surface area contributed by atoms with Gasteiger partial charge in [0.2, 0.25) is 0 Å². The third-order valence-corrected chi connectivity index (χ3v) is 18.5. The van der Waals surface area contributed by atoms with E-state index in [0.717, 1.165) is 13.8 Å². The summed E-state index contributed by atoms with van der Waals surface area (Å²) in [5.74, 6) is 0. The molecule has 2 aliphatic rings.